The smallest absolute Gasteiger partial charge is 0.657 e. The number of carbonyl (C=O) groups is 4. The molecule has 0 unspecified atom stereocenters. The number of ether oxygens (including phenoxy) is 2. The van der Waals surface area contributed by atoms with Crippen molar-refractivity contribution in [2.24, 2.45) is 0 Å². The monoisotopic (exact) mass is 676 g/mol. The minimum Gasteiger partial charge on any atom is -0.657 e. The first-order valence-electron chi connectivity index (χ1n) is 15.1. The Labute approximate surface area is 282 Å². The number of fused-ring (bicyclic) bond motifs is 8. The molecule has 0 spiro atoms. The third-order valence-electron chi connectivity index (χ3n) is 8.70. The maximum atomic E-state index is 12.9. The largest absolute Gasteiger partial charge is 4.00 e. The van der Waals surface area contributed by atoms with Crippen molar-refractivity contribution in [1.82, 2.24) is 19.9 Å². The standard InChI is InChI=1S/C36H38N4O6.Fe/c1-17-23(9-11-33(43)45-7)29-16-30-24(10-12-34(44)46-8)18(2)26(38-30)14-31-36(22(6)42)20(4)28(40-31)15-32-35(21(5)41)19(3)27(39-32)13-25(17)37-29;/h13-16H,9-12H2,1-8H3,(H2-2,37,38,39,40,41,42);/q-2;+4/p-2/b25-13-,26-14?,27-13?,28-15-,29-16-,30-16?,31-14-,32-15?;. The fourth-order valence-electron chi connectivity index (χ4n) is 6.14. The average molecular weight is 677 g/mol. The van der Waals surface area contributed by atoms with Crippen LogP contribution in [0.15, 0.2) is 0 Å². The number of esters is 2. The Bertz CT molecular complexity index is 2170. The summed E-state index contributed by atoms with van der Waals surface area (Å²) in [5, 5.41) is 2.26. The van der Waals surface area contributed by atoms with E-state index in [1.165, 1.54) is 28.1 Å². The summed E-state index contributed by atoms with van der Waals surface area (Å²) in [4.78, 5) is 69.7. The van der Waals surface area contributed by atoms with E-state index in [1.54, 1.807) is 12.2 Å². The van der Waals surface area contributed by atoms with Gasteiger partial charge < -0.3 is 29.4 Å². The number of nitrogens with zero attached hydrogens (tertiary/aromatic N) is 4. The molecule has 0 aliphatic carbocycles. The van der Waals surface area contributed by atoms with Gasteiger partial charge in [-0.05, 0) is 54.4 Å². The molecule has 8 bridgehead atoms. The van der Waals surface area contributed by atoms with Crippen LogP contribution in [0, 0.1) is 27.7 Å². The van der Waals surface area contributed by atoms with Gasteiger partial charge in [-0.1, -0.05) is 57.7 Å². The van der Waals surface area contributed by atoms with E-state index >= 15 is 0 Å². The second-order valence-corrected chi connectivity index (χ2v) is 11.6. The number of methoxy groups -OCH3 is 2. The Kier molecular flexibility index (Phi) is 10.5. The molecule has 4 aromatic rings. The van der Waals surface area contributed by atoms with Crippen molar-refractivity contribution in [1.29, 1.82) is 0 Å². The van der Waals surface area contributed by atoms with Gasteiger partial charge in [-0.15, -0.1) is 44.2 Å². The van der Waals surface area contributed by atoms with Crippen LogP contribution < -0.4 is 41.3 Å². The van der Waals surface area contributed by atoms with Crippen LogP contribution >= 0.6 is 0 Å². The Morgan fingerprint density at radius 2 is 1.00 bits per heavy atom. The predicted molar refractivity (Wildman–Crippen MR) is 171 cm³/mol. The van der Waals surface area contributed by atoms with Gasteiger partial charge in [0, 0.05) is 24.0 Å². The number of rotatable bonds is 8. The topological polar surface area (TPSA) is 143 Å². The van der Waals surface area contributed by atoms with Crippen molar-refractivity contribution in [2.75, 3.05) is 14.2 Å². The van der Waals surface area contributed by atoms with Crippen molar-refractivity contribution >= 4 is 47.8 Å². The first-order valence-corrected chi connectivity index (χ1v) is 15.1. The zero-order valence-electron chi connectivity index (χ0n) is 27.7. The maximum absolute atomic E-state index is 12.9. The van der Waals surface area contributed by atoms with Crippen molar-refractivity contribution in [3.05, 3.63) is 88.7 Å². The molecule has 5 heterocycles. The molecular formula is C36H36FeN4O6. The number of ketones is 2. The van der Waals surface area contributed by atoms with Crippen LogP contribution in [0.2, 0.25) is 0 Å². The number of aromatic nitrogens is 4. The zero-order valence-corrected chi connectivity index (χ0v) is 28.8. The average Bonchev–Trinajstić information content (AvgIpc) is 3.67. The first kappa shape index (κ1) is 35.3. The number of hydrogen-bond acceptors (Lipinski definition) is 6. The van der Waals surface area contributed by atoms with Gasteiger partial charge in [0.2, 0.25) is 0 Å². The molecule has 244 valence electrons. The zero-order chi connectivity index (χ0) is 33.4. The summed E-state index contributed by atoms with van der Waals surface area (Å²) in [5.74, 6) is -0.976. The summed E-state index contributed by atoms with van der Waals surface area (Å²) in [6.07, 6.45) is 8.31. The molecule has 0 fully saturated rings. The van der Waals surface area contributed by atoms with Gasteiger partial charge >= 0.3 is 29.0 Å². The molecule has 0 saturated carbocycles. The summed E-state index contributed by atoms with van der Waals surface area (Å²) >= 11 is 0. The molecule has 47 heavy (non-hydrogen) atoms. The van der Waals surface area contributed by atoms with Gasteiger partial charge in [0.05, 0.1) is 14.2 Å². The van der Waals surface area contributed by atoms with Gasteiger partial charge in [-0.3, -0.25) is 19.2 Å². The Morgan fingerprint density at radius 1 is 0.532 bits per heavy atom. The maximum Gasteiger partial charge on any atom is 4.00 e. The van der Waals surface area contributed by atoms with Gasteiger partial charge in [0.15, 0.2) is 11.6 Å². The predicted octanol–water partition coefficient (Wildman–Crippen LogP) is 0.992. The molecule has 0 radical (unpaired) electrons. The van der Waals surface area contributed by atoms with Crippen LogP contribution in [-0.2, 0) is 49.0 Å². The molecule has 1 aliphatic heterocycles. The molecular weight excluding hydrogens is 640 g/mol. The molecule has 0 N–H and O–H groups in total. The molecule has 0 atom stereocenters. The van der Waals surface area contributed by atoms with Gasteiger partial charge in [-0.25, -0.2) is 0 Å². The third kappa shape index (κ3) is 6.77. The minimum absolute atomic E-state index is 0. The summed E-state index contributed by atoms with van der Waals surface area (Å²) in [6.45, 7) is 10.5. The Balaban J connectivity index is 0.00000500. The van der Waals surface area contributed by atoms with Crippen LogP contribution in [0.1, 0.15) is 104 Å². The number of hydrogen-bond donors (Lipinski definition) is 0. The van der Waals surface area contributed by atoms with E-state index in [0.29, 0.717) is 79.3 Å². The van der Waals surface area contributed by atoms with Crippen LogP contribution in [0.25, 0.3) is 24.3 Å². The van der Waals surface area contributed by atoms with Crippen molar-refractivity contribution < 1.29 is 45.7 Å². The van der Waals surface area contributed by atoms with E-state index in [4.69, 9.17) is 29.4 Å². The first-order chi connectivity index (χ1) is 21.8. The van der Waals surface area contributed by atoms with Crippen LogP contribution in [0.3, 0.4) is 0 Å². The van der Waals surface area contributed by atoms with E-state index in [2.05, 4.69) is 0 Å². The normalized spacial score (nSPS) is 14.6. The molecule has 0 saturated heterocycles. The second-order valence-electron chi connectivity index (χ2n) is 11.6. The molecule has 0 amide bonds. The van der Waals surface area contributed by atoms with E-state index in [9.17, 15) is 19.2 Å². The summed E-state index contributed by atoms with van der Waals surface area (Å²) in [6, 6.07) is 0. The van der Waals surface area contributed by atoms with Crippen molar-refractivity contribution in [3.63, 3.8) is 0 Å². The van der Waals surface area contributed by atoms with Gasteiger partial charge in [0.1, 0.15) is 0 Å². The summed E-state index contributed by atoms with van der Waals surface area (Å²) in [7, 11) is 2.71. The number of Topliss-reactive ketones (excluding diaryl/α,β-unsaturated/α-hetero) is 2. The Morgan fingerprint density at radius 3 is 1.60 bits per heavy atom. The van der Waals surface area contributed by atoms with E-state index < -0.39 is 0 Å². The summed E-state index contributed by atoms with van der Waals surface area (Å²) < 4.78 is 9.82. The summed E-state index contributed by atoms with van der Waals surface area (Å²) in [5.41, 5.74) is 7.98. The third-order valence-corrected chi connectivity index (χ3v) is 8.70. The van der Waals surface area contributed by atoms with Crippen molar-refractivity contribution in [3.8, 4) is 0 Å². The van der Waals surface area contributed by atoms with E-state index in [1.807, 2.05) is 39.8 Å². The molecule has 0 aromatic carbocycles. The second kappa shape index (κ2) is 14.0. The van der Waals surface area contributed by atoms with Crippen LogP contribution in [0.4, 0.5) is 0 Å². The van der Waals surface area contributed by atoms with Crippen LogP contribution in [-0.4, -0.2) is 37.7 Å². The number of carbonyl (C=O) groups excluding carboxylic acids is 4. The van der Waals surface area contributed by atoms with Crippen LogP contribution in [0.5, 0.6) is 0 Å². The molecule has 11 heteroatoms. The molecule has 10 nitrogen and oxygen atoms in total. The Hall–Kier alpha value is -4.60. The fraction of sp³-hybridized carbons (Fsp3) is 0.333. The van der Waals surface area contributed by atoms with Gasteiger partial charge in [-0.2, -0.15) is 0 Å². The molecule has 5 rings (SSSR count). The molecule has 4 aromatic heterocycles. The van der Waals surface area contributed by atoms with Gasteiger partial charge in [0.25, 0.3) is 0 Å². The SMILES string of the molecule is COC(=O)CCc1c2[n-]c(c1C)/C=c1\[n-]/c(c(C)c1C(C)=O)=C\c1[n-]c(c(C)c1C(C)=O)/C=c1\[n-]/c(c(CCC(=O)OC)c1C)=C\2.[Fe+4]. The minimum atomic E-state index is -0.345. The quantitative estimate of drug-likeness (QED) is 0.133. The van der Waals surface area contributed by atoms with E-state index in [-0.39, 0.29) is 53.4 Å². The molecule has 1 aliphatic rings. The van der Waals surface area contributed by atoms with Crippen molar-refractivity contribution in [2.45, 2.75) is 67.2 Å². The van der Waals surface area contributed by atoms with E-state index in [0.717, 1.165) is 22.3 Å². The fourth-order valence-corrected chi connectivity index (χ4v) is 6.14.